The second kappa shape index (κ2) is 6.10. The van der Waals surface area contributed by atoms with Crippen LogP contribution in [0.3, 0.4) is 0 Å². The molecule has 1 heterocycles. The Balaban J connectivity index is 1.75. The normalized spacial score (nSPS) is 21.6. The van der Waals surface area contributed by atoms with Crippen LogP contribution < -0.4 is 5.32 Å². The number of carbonyl (C=O) groups excluding carboxylic acids is 1. The Hall–Kier alpha value is -0.800. The first-order chi connectivity index (χ1) is 9.05. The van der Waals surface area contributed by atoms with E-state index in [0.29, 0.717) is 11.7 Å². The number of carbonyl (C=O) groups is 1. The highest BCUT2D eigenvalue weighted by atomic mass is 32.2. The third-order valence-corrected chi connectivity index (χ3v) is 5.24. The first kappa shape index (κ1) is 14.6. The molecule has 1 N–H and O–H groups in total. The smallest absolute Gasteiger partial charge is 0.231 e. The summed E-state index contributed by atoms with van der Waals surface area (Å²) in [4.78, 5) is 14.1. The zero-order chi connectivity index (χ0) is 13.9. The van der Waals surface area contributed by atoms with Crippen molar-refractivity contribution in [1.82, 2.24) is 10.2 Å². The van der Waals surface area contributed by atoms with E-state index in [2.05, 4.69) is 16.3 Å². The van der Waals surface area contributed by atoms with E-state index in [-0.39, 0.29) is 5.91 Å². The standard InChI is InChI=1S/C13H19N3OS2/c1-13(9-14,10-4-5-10)15-11(17)8-19-12(18)16-6-2-3-7-16/h10H,2-8H2,1H3,(H,15,17)/t13-/m0/s1. The van der Waals surface area contributed by atoms with Crippen LogP contribution in [0.15, 0.2) is 0 Å². The molecule has 0 bridgehead atoms. The van der Waals surface area contributed by atoms with Gasteiger partial charge in [0, 0.05) is 13.1 Å². The maximum atomic E-state index is 11.9. The van der Waals surface area contributed by atoms with Crippen LogP contribution in [0.2, 0.25) is 0 Å². The number of hydrogen-bond acceptors (Lipinski definition) is 4. The largest absolute Gasteiger partial charge is 0.358 e. The third-order valence-electron chi connectivity index (χ3n) is 3.72. The summed E-state index contributed by atoms with van der Waals surface area (Å²) in [6.45, 7) is 3.82. The summed E-state index contributed by atoms with van der Waals surface area (Å²) in [6, 6.07) is 2.23. The molecule has 0 spiro atoms. The molecule has 1 aliphatic heterocycles. The van der Waals surface area contributed by atoms with Crippen LogP contribution in [-0.4, -0.2) is 39.5 Å². The van der Waals surface area contributed by atoms with Gasteiger partial charge in [-0.25, -0.2) is 0 Å². The maximum Gasteiger partial charge on any atom is 0.231 e. The number of likely N-dealkylation sites (tertiary alicyclic amines) is 1. The minimum Gasteiger partial charge on any atom is -0.358 e. The average molecular weight is 297 g/mol. The van der Waals surface area contributed by atoms with Crippen molar-refractivity contribution in [1.29, 1.82) is 5.26 Å². The number of nitrogens with one attached hydrogen (secondary N) is 1. The lowest BCUT2D eigenvalue weighted by Crippen LogP contribution is -2.47. The van der Waals surface area contributed by atoms with E-state index in [0.717, 1.165) is 30.3 Å². The van der Waals surface area contributed by atoms with Gasteiger partial charge in [0.15, 0.2) is 0 Å². The van der Waals surface area contributed by atoms with Gasteiger partial charge >= 0.3 is 0 Å². The van der Waals surface area contributed by atoms with Crippen molar-refractivity contribution in [2.45, 2.75) is 38.1 Å². The van der Waals surface area contributed by atoms with E-state index in [1.54, 1.807) is 0 Å². The Kier molecular flexibility index (Phi) is 4.69. The van der Waals surface area contributed by atoms with Crippen molar-refractivity contribution in [2.75, 3.05) is 18.8 Å². The van der Waals surface area contributed by atoms with E-state index < -0.39 is 5.54 Å². The van der Waals surface area contributed by atoms with Gasteiger partial charge in [-0.05, 0) is 38.5 Å². The van der Waals surface area contributed by atoms with Gasteiger partial charge in [-0.3, -0.25) is 4.79 Å². The molecule has 1 saturated carbocycles. The topological polar surface area (TPSA) is 56.1 Å². The van der Waals surface area contributed by atoms with Crippen LogP contribution in [0, 0.1) is 17.2 Å². The van der Waals surface area contributed by atoms with Gasteiger partial charge in [-0.15, -0.1) is 0 Å². The Morgan fingerprint density at radius 3 is 2.68 bits per heavy atom. The number of thiocarbonyl (C=S) groups is 1. The Bertz CT molecular complexity index is 411. The van der Waals surface area contributed by atoms with Gasteiger partial charge < -0.3 is 10.2 Å². The van der Waals surface area contributed by atoms with Crippen molar-refractivity contribution >= 4 is 34.2 Å². The molecule has 0 radical (unpaired) electrons. The Morgan fingerprint density at radius 2 is 2.16 bits per heavy atom. The summed E-state index contributed by atoms with van der Waals surface area (Å²) in [5, 5.41) is 12.0. The molecule has 2 aliphatic rings. The van der Waals surface area contributed by atoms with E-state index >= 15 is 0 Å². The lowest BCUT2D eigenvalue weighted by atomic mass is 9.98. The predicted octanol–water partition coefficient (Wildman–Crippen LogP) is 1.91. The average Bonchev–Trinajstić information content (AvgIpc) is 3.12. The zero-order valence-electron chi connectivity index (χ0n) is 11.1. The maximum absolute atomic E-state index is 11.9. The van der Waals surface area contributed by atoms with Gasteiger partial charge in [-0.2, -0.15) is 5.26 Å². The second-order valence-corrected chi connectivity index (χ2v) is 6.99. The molecule has 0 unspecified atom stereocenters. The lowest BCUT2D eigenvalue weighted by Gasteiger charge is -2.23. The Morgan fingerprint density at radius 1 is 1.53 bits per heavy atom. The summed E-state index contributed by atoms with van der Waals surface area (Å²) >= 11 is 6.71. The fraction of sp³-hybridized carbons (Fsp3) is 0.769. The molecule has 0 aromatic rings. The van der Waals surface area contributed by atoms with E-state index in [4.69, 9.17) is 12.2 Å². The molecule has 1 saturated heterocycles. The van der Waals surface area contributed by atoms with Crippen molar-refractivity contribution in [3.8, 4) is 6.07 Å². The third kappa shape index (κ3) is 3.83. The van der Waals surface area contributed by atoms with Crippen molar-refractivity contribution < 1.29 is 4.79 Å². The van der Waals surface area contributed by atoms with Crippen molar-refractivity contribution in [2.24, 2.45) is 5.92 Å². The highest BCUT2D eigenvalue weighted by Crippen LogP contribution is 2.39. The van der Waals surface area contributed by atoms with Crippen LogP contribution in [0.25, 0.3) is 0 Å². The van der Waals surface area contributed by atoms with Crippen LogP contribution >= 0.6 is 24.0 Å². The number of rotatable bonds is 4. The van der Waals surface area contributed by atoms with Crippen molar-refractivity contribution in [3.63, 3.8) is 0 Å². The van der Waals surface area contributed by atoms with Crippen LogP contribution in [0.4, 0.5) is 0 Å². The summed E-state index contributed by atoms with van der Waals surface area (Å²) in [7, 11) is 0. The minimum absolute atomic E-state index is 0.0949. The lowest BCUT2D eigenvalue weighted by molar-refractivity contribution is -0.119. The summed E-state index contributed by atoms with van der Waals surface area (Å²) in [6.07, 6.45) is 4.43. The number of hydrogen-bond donors (Lipinski definition) is 1. The predicted molar refractivity (Wildman–Crippen MR) is 80.7 cm³/mol. The molecular formula is C13H19N3OS2. The van der Waals surface area contributed by atoms with E-state index in [9.17, 15) is 10.1 Å². The second-order valence-electron chi connectivity index (χ2n) is 5.39. The number of thioether (sulfide) groups is 1. The van der Waals surface area contributed by atoms with Crippen LogP contribution in [-0.2, 0) is 4.79 Å². The fourth-order valence-electron chi connectivity index (χ4n) is 2.33. The van der Waals surface area contributed by atoms with Gasteiger partial charge in [0.25, 0.3) is 0 Å². The molecule has 104 valence electrons. The Labute approximate surface area is 123 Å². The van der Waals surface area contributed by atoms with Crippen molar-refractivity contribution in [3.05, 3.63) is 0 Å². The first-order valence-electron chi connectivity index (χ1n) is 6.69. The molecule has 1 amide bonds. The van der Waals surface area contributed by atoms with Gasteiger partial charge in [0.05, 0.1) is 11.8 Å². The molecule has 1 aliphatic carbocycles. The monoisotopic (exact) mass is 297 g/mol. The van der Waals surface area contributed by atoms with Gasteiger partial charge in [0.2, 0.25) is 5.91 Å². The molecule has 1 atom stereocenters. The summed E-state index contributed by atoms with van der Waals surface area (Å²) in [5.74, 6) is 0.527. The molecule has 2 rings (SSSR count). The highest BCUT2D eigenvalue weighted by molar-refractivity contribution is 8.23. The highest BCUT2D eigenvalue weighted by Gasteiger charge is 2.42. The first-order valence-corrected chi connectivity index (χ1v) is 8.08. The molecular weight excluding hydrogens is 278 g/mol. The number of nitrogens with zero attached hydrogens (tertiary/aromatic N) is 2. The van der Waals surface area contributed by atoms with E-state index in [1.807, 2.05) is 6.92 Å². The quantitative estimate of drug-likeness (QED) is 0.803. The zero-order valence-corrected chi connectivity index (χ0v) is 12.8. The fourth-order valence-corrected chi connectivity index (χ4v) is 3.38. The minimum atomic E-state index is -0.701. The van der Waals surface area contributed by atoms with Gasteiger partial charge in [0.1, 0.15) is 9.86 Å². The molecule has 19 heavy (non-hydrogen) atoms. The molecule has 4 nitrogen and oxygen atoms in total. The van der Waals surface area contributed by atoms with E-state index in [1.165, 1.54) is 24.6 Å². The number of nitriles is 1. The SMILES string of the molecule is C[C@@](C#N)(NC(=O)CSC(=S)N1CCCC1)C1CC1. The number of amides is 1. The summed E-state index contributed by atoms with van der Waals surface area (Å²) in [5.41, 5.74) is -0.701. The molecule has 0 aromatic heterocycles. The molecule has 0 aromatic carbocycles. The molecule has 2 fully saturated rings. The van der Waals surface area contributed by atoms with Crippen LogP contribution in [0.1, 0.15) is 32.6 Å². The van der Waals surface area contributed by atoms with Gasteiger partial charge in [-0.1, -0.05) is 24.0 Å². The molecule has 6 heteroatoms. The summed E-state index contributed by atoms with van der Waals surface area (Å²) < 4.78 is 0.803. The van der Waals surface area contributed by atoms with Crippen LogP contribution in [0.5, 0.6) is 0 Å².